The number of carboxylic acids is 1. The zero-order valence-corrected chi connectivity index (χ0v) is 13.0. The highest BCUT2D eigenvalue weighted by Crippen LogP contribution is 2.25. The van der Waals surface area contributed by atoms with Gasteiger partial charge in [0, 0.05) is 18.0 Å². The van der Waals surface area contributed by atoms with E-state index in [1.54, 1.807) is 16.2 Å². The van der Waals surface area contributed by atoms with E-state index in [4.69, 9.17) is 5.11 Å². The SMILES string of the molecule is CC1CC(C(=O)O)CN(C(=O)Cc2ccc(Br)s2)C1. The van der Waals surface area contributed by atoms with Gasteiger partial charge in [-0.25, -0.2) is 0 Å². The molecule has 4 nitrogen and oxygen atoms in total. The van der Waals surface area contributed by atoms with Crippen molar-refractivity contribution in [3.05, 3.63) is 20.8 Å². The van der Waals surface area contributed by atoms with Crippen LogP contribution in [-0.2, 0) is 16.0 Å². The fourth-order valence-electron chi connectivity index (χ4n) is 2.44. The number of carboxylic acid groups (broad SMARTS) is 1. The van der Waals surface area contributed by atoms with Crippen LogP contribution in [0.5, 0.6) is 0 Å². The van der Waals surface area contributed by atoms with E-state index in [-0.39, 0.29) is 11.8 Å². The average molecular weight is 346 g/mol. The van der Waals surface area contributed by atoms with Gasteiger partial charge in [0.2, 0.25) is 5.91 Å². The third-order valence-electron chi connectivity index (χ3n) is 3.32. The summed E-state index contributed by atoms with van der Waals surface area (Å²) in [5.74, 6) is -0.966. The molecule has 1 aromatic rings. The van der Waals surface area contributed by atoms with Crippen LogP contribution in [0.25, 0.3) is 0 Å². The predicted molar refractivity (Wildman–Crippen MR) is 77.2 cm³/mol. The smallest absolute Gasteiger partial charge is 0.308 e. The molecule has 0 radical (unpaired) electrons. The molecule has 1 aliphatic rings. The number of hydrogen-bond donors (Lipinski definition) is 1. The van der Waals surface area contributed by atoms with Gasteiger partial charge >= 0.3 is 5.97 Å². The van der Waals surface area contributed by atoms with E-state index in [2.05, 4.69) is 15.9 Å². The van der Waals surface area contributed by atoms with Crippen molar-refractivity contribution in [2.24, 2.45) is 11.8 Å². The van der Waals surface area contributed by atoms with Gasteiger partial charge in [0.1, 0.15) is 0 Å². The Balaban J connectivity index is 2.00. The fourth-order valence-corrected chi connectivity index (χ4v) is 3.92. The van der Waals surface area contributed by atoms with Gasteiger partial charge in [0.15, 0.2) is 0 Å². The van der Waals surface area contributed by atoms with Gasteiger partial charge < -0.3 is 10.0 Å². The van der Waals surface area contributed by atoms with Crippen molar-refractivity contribution in [3.8, 4) is 0 Å². The quantitative estimate of drug-likeness (QED) is 0.915. The van der Waals surface area contributed by atoms with E-state index < -0.39 is 11.9 Å². The summed E-state index contributed by atoms with van der Waals surface area (Å²) in [6.45, 7) is 3.00. The monoisotopic (exact) mass is 345 g/mol. The van der Waals surface area contributed by atoms with Crippen LogP contribution < -0.4 is 0 Å². The molecule has 0 bridgehead atoms. The van der Waals surface area contributed by atoms with Crippen molar-refractivity contribution >= 4 is 39.1 Å². The van der Waals surface area contributed by atoms with Gasteiger partial charge in [-0.3, -0.25) is 9.59 Å². The van der Waals surface area contributed by atoms with Crippen LogP contribution in [0.15, 0.2) is 15.9 Å². The summed E-state index contributed by atoms with van der Waals surface area (Å²) in [4.78, 5) is 26.0. The summed E-state index contributed by atoms with van der Waals surface area (Å²) in [6, 6.07) is 3.85. The second-order valence-electron chi connectivity index (χ2n) is 5.06. The van der Waals surface area contributed by atoms with E-state index in [1.807, 2.05) is 19.1 Å². The Morgan fingerprint density at radius 3 is 2.79 bits per heavy atom. The molecule has 6 heteroatoms. The molecule has 19 heavy (non-hydrogen) atoms. The third kappa shape index (κ3) is 3.79. The minimum Gasteiger partial charge on any atom is -0.481 e. The first-order chi connectivity index (χ1) is 8.95. The van der Waals surface area contributed by atoms with Crippen LogP contribution in [0.4, 0.5) is 0 Å². The molecular formula is C13H16BrNO3S. The van der Waals surface area contributed by atoms with Crippen molar-refractivity contribution in [3.63, 3.8) is 0 Å². The van der Waals surface area contributed by atoms with Crippen molar-refractivity contribution in [1.29, 1.82) is 0 Å². The zero-order chi connectivity index (χ0) is 14.0. The number of likely N-dealkylation sites (tertiary alicyclic amines) is 1. The van der Waals surface area contributed by atoms with E-state index in [1.165, 1.54) is 0 Å². The third-order valence-corrected chi connectivity index (χ3v) is 4.94. The summed E-state index contributed by atoms with van der Waals surface area (Å²) >= 11 is 4.91. The van der Waals surface area contributed by atoms with Crippen molar-refractivity contribution in [1.82, 2.24) is 4.90 Å². The lowest BCUT2D eigenvalue weighted by molar-refractivity contribution is -0.146. The van der Waals surface area contributed by atoms with Gasteiger partial charge in [-0.1, -0.05) is 6.92 Å². The number of hydrogen-bond acceptors (Lipinski definition) is 3. The number of thiophene rings is 1. The summed E-state index contributed by atoms with van der Waals surface area (Å²) in [7, 11) is 0. The number of aliphatic carboxylic acids is 1. The molecule has 1 fully saturated rings. The van der Waals surface area contributed by atoms with Crippen molar-refractivity contribution < 1.29 is 14.7 Å². The van der Waals surface area contributed by atoms with Gasteiger partial charge in [0.25, 0.3) is 0 Å². The van der Waals surface area contributed by atoms with Gasteiger partial charge in [-0.2, -0.15) is 0 Å². The molecule has 0 aromatic carbocycles. The summed E-state index contributed by atoms with van der Waals surface area (Å²) in [5, 5.41) is 9.11. The maximum atomic E-state index is 12.2. The normalized spacial score (nSPS) is 23.4. The molecule has 1 N–H and O–H groups in total. The summed E-state index contributed by atoms with van der Waals surface area (Å²) < 4.78 is 1.01. The molecule has 0 saturated carbocycles. The lowest BCUT2D eigenvalue weighted by Crippen LogP contribution is -2.46. The first-order valence-electron chi connectivity index (χ1n) is 6.20. The number of carbonyl (C=O) groups excluding carboxylic acids is 1. The maximum absolute atomic E-state index is 12.2. The number of piperidine rings is 1. The minimum absolute atomic E-state index is 0.0205. The molecule has 2 atom stereocenters. The molecule has 0 aliphatic carbocycles. The molecular weight excluding hydrogens is 330 g/mol. The lowest BCUT2D eigenvalue weighted by Gasteiger charge is -2.34. The van der Waals surface area contributed by atoms with E-state index in [0.717, 1.165) is 8.66 Å². The van der Waals surface area contributed by atoms with Crippen LogP contribution in [0, 0.1) is 11.8 Å². The second kappa shape index (κ2) is 6.05. The summed E-state index contributed by atoms with van der Waals surface area (Å²) in [5.41, 5.74) is 0. The lowest BCUT2D eigenvalue weighted by atomic mass is 9.90. The van der Waals surface area contributed by atoms with Gasteiger partial charge in [0.05, 0.1) is 16.1 Å². The van der Waals surface area contributed by atoms with E-state index >= 15 is 0 Å². The first-order valence-corrected chi connectivity index (χ1v) is 7.81. The number of halogens is 1. The number of rotatable bonds is 3. The Morgan fingerprint density at radius 1 is 1.47 bits per heavy atom. The number of amides is 1. The van der Waals surface area contributed by atoms with Crippen LogP contribution in [0.1, 0.15) is 18.2 Å². The largest absolute Gasteiger partial charge is 0.481 e. The highest BCUT2D eigenvalue weighted by molar-refractivity contribution is 9.11. The average Bonchev–Trinajstić information content (AvgIpc) is 2.73. The predicted octanol–water partition coefficient (Wildman–Crippen LogP) is 2.62. The fraction of sp³-hybridized carbons (Fsp3) is 0.538. The highest BCUT2D eigenvalue weighted by Gasteiger charge is 2.31. The highest BCUT2D eigenvalue weighted by atomic mass is 79.9. The van der Waals surface area contributed by atoms with Gasteiger partial charge in [-0.15, -0.1) is 11.3 Å². The Hall–Kier alpha value is -0.880. The molecule has 2 unspecified atom stereocenters. The Bertz CT molecular complexity index is 488. The summed E-state index contributed by atoms with van der Waals surface area (Å²) in [6.07, 6.45) is 1.01. The number of carbonyl (C=O) groups is 2. The number of nitrogens with zero attached hydrogens (tertiary/aromatic N) is 1. The molecule has 0 spiro atoms. The molecule has 2 rings (SSSR count). The minimum atomic E-state index is -0.803. The standard InChI is InChI=1S/C13H16BrNO3S/c1-8-4-9(13(17)18)7-15(6-8)12(16)5-10-2-3-11(14)19-10/h2-3,8-9H,4-7H2,1H3,(H,17,18). The Kier molecular flexibility index (Phi) is 4.62. The molecule has 1 saturated heterocycles. The van der Waals surface area contributed by atoms with Crippen molar-refractivity contribution in [2.45, 2.75) is 19.8 Å². The van der Waals surface area contributed by atoms with Crippen LogP contribution in [0.2, 0.25) is 0 Å². The zero-order valence-electron chi connectivity index (χ0n) is 10.6. The van der Waals surface area contributed by atoms with Crippen LogP contribution in [0.3, 0.4) is 0 Å². The van der Waals surface area contributed by atoms with Gasteiger partial charge in [-0.05, 0) is 40.4 Å². The van der Waals surface area contributed by atoms with Crippen molar-refractivity contribution in [2.75, 3.05) is 13.1 Å². The van der Waals surface area contributed by atoms with E-state index in [0.29, 0.717) is 25.9 Å². The maximum Gasteiger partial charge on any atom is 0.308 e. The molecule has 2 heterocycles. The Morgan fingerprint density at radius 2 is 2.21 bits per heavy atom. The Labute approximate surface area is 124 Å². The molecule has 1 aliphatic heterocycles. The van der Waals surface area contributed by atoms with Crippen LogP contribution in [-0.4, -0.2) is 35.0 Å². The molecule has 104 valence electrons. The first kappa shape index (κ1) is 14.5. The van der Waals surface area contributed by atoms with Crippen LogP contribution >= 0.6 is 27.3 Å². The molecule has 1 amide bonds. The van der Waals surface area contributed by atoms with E-state index in [9.17, 15) is 9.59 Å². The second-order valence-corrected chi connectivity index (χ2v) is 7.60. The molecule has 1 aromatic heterocycles. The topological polar surface area (TPSA) is 57.6 Å².